The quantitative estimate of drug-likeness (QED) is 0.882. The third-order valence-corrected chi connectivity index (χ3v) is 4.16. The SMILES string of the molecule is Cl.O=C(Nc1ccc2c(c1)CNCCO2)C1CCCCC1. The molecular formula is C16H23ClN2O2. The lowest BCUT2D eigenvalue weighted by atomic mass is 9.88. The number of nitrogens with one attached hydrogen (secondary N) is 2. The summed E-state index contributed by atoms with van der Waals surface area (Å²) < 4.78 is 5.65. The number of carbonyl (C=O) groups is 1. The van der Waals surface area contributed by atoms with E-state index in [2.05, 4.69) is 10.6 Å². The van der Waals surface area contributed by atoms with Crippen molar-refractivity contribution in [1.29, 1.82) is 0 Å². The van der Waals surface area contributed by atoms with Gasteiger partial charge in [0.15, 0.2) is 0 Å². The summed E-state index contributed by atoms with van der Waals surface area (Å²) in [5, 5.41) is 6.37. The molecule has 0 atom stereocenters. The summed E-state index contributed by atoms with van der Waals surface area (Å²) in [7, 11) is 0. The van der Waals surface area contributed by atoms with Crippen LogP contribution in [0.25, 0.3) is 0 Å². The standard InChI is InChI=1S/C16H22N2O2.ClH/c19-16(12-4-2-1-3-5-12)18-14-6-7-15-13(10-14)11-17-8-9-20-15;/h6-7,10,12,17H,1-5,8-9,11H2,(H,18,19);1H. The van der Waals surface area contributed by atoms with Crippen molar-refractivity contribution in [1.82, 2.24) is 5.32 Å². The zero-order chi connectivity index (χ0) is 13.8. The summed E-state index contributed by atoms with van der Waals surface area (Å²) in [5.74, 6) is 1.29. The normalized spacial score (nSPS) is 18.7. The van der Waals surface area contributed by atoms with E-state index in [9.17, 15) is 4.79 Å². The van der Waals surface area contributed by atoms with Gasteiger partial charge in [-0.05, 0) is 31.0 Å². The largest absolute Gasteiger partial charge is 0.492 e. The number of benzene rings is 1. The smallest absolute Gasteiger partial charge is 0.227 e. The molecule has 1 saturated carbocycles. The van der Waals surface area contributed by atoms with Crippen molar-refractivity contribution in [3.05, 3.63) is 23.8 Å². The van der Waals surface area contributed by atoms with Gasteiger partial charge in [0.1, 0.15) is 12.4 Å². The van der Waals surface area contributed by atoms with Crippen molar-refractivity contribution in [2.45, 2.75) is 38.6 Å². The molecule has 0 aromatic heterocycles. The van der Waals surface area contributed by atoms with E-state index in [1.54, 1.807) is 0 Å². The maximum atomic E-state index is 12.2. The number of amides is 1. The topological polar surface area (TPSA) is 50.4 Å². The molecule has 0 radical (unpaired) electrons. The molecule has 1 aliphatic carbocycles. The number of hydrogen-bond acceptors (Lipinski definition) is 3. The summed E-state index contributed by atoms with van der Waals surface area (Å²) in [6, 6.07) is 5.91. The van der Waals surface area contributed by atoms with Crippen molar-refractivity contribution in [3.63, 3.8) is 0 Å². The van der Waals surface area contributed by atoms with E-state index in [1.165, 1.54) is 19.3 Å². The molecule has 1 heterocycles. The first-order valence-corrected chi connectivity index (χ1v) is 7.60. The second-order valence-electron chi connectivity index (χ2n) is 5.67. The molecule has 1 aromatic rings. The summed E-state index contributed by atoms with van der Waals surface area (Å²) in [5.41, 5.74) is 2.00. The Bertz CT molecular complexity index is 487. The first-order valence-electron chi connectivity index (χ1n) is 7.60. The molecule has 2 aliphatic rings. The Kier molecular flexibility index (Phi) is 5.88. The Balaban J connectivity index is 0.00000161. The number of ether oxygens (including phenoxy) is 1. The van der Waals surface area contributed by atoms with Crippen molar-refractivity contribution in [3.8, 4) is 5.75 Å². The summed E-state index contributed by atoms with van der Waals surface area (Å²) >= 11 is 0. The Labute approximate surface area is 132 Å². The molecule has 3 rings (SSSR count). The minimum absolute atomic E-state index is 0. The van der Waals surface area contributed by atoms with Gasteiger partial charge in [-0.15, -0.1) is 12.4 Å². The van der Waals surface area contributed by atoms with E-state index >= 15 is 0 Å². The van der Waals surface area contributed by atoms with Gasteiger partial charge < -0.3 is 15.4 Å². The van der Waals surface area contributed by atoms with Gasteiger partial charge in [-0.1, -0.05) is 19.3 Å². The van der Waals surface area contributed by atoms with Crippen molar-refractivity contribution in [2.75, 3.05) is 18.5 Å². The van der Waals surface area contributed by atoms with Crippen LogP contribution in [0.2, 0.25) is 0 Å². The van der Waals surface area contributed by atoms with Crippen LogP contribution >= 0.6 is 12.4 Å². The highest BCUT2D eigenvalue weighted by atomic mass is 35.5. The zero-order valence-corrected chi connectivity index (χ0v) is 13.0. The van der Waals surface area contributed by atoms with Crippen LogP contribution in [0.1, 0.15) is 37.7 Å². The highest BCUT2D eigenvalue weighted by Crippen LogP contribution is 2.27. The Morgan fingerprint density at radius 3 is 2.86 bits per heavy atom. The van der Waals surface area contributed by atoms with Gasteiger partial charge in [0.2, 0.25) is 5.91 Å². The first kappa shape index (κ1) is 16.1. The van der Waals surface area contributed by atoms with Crippen LogP contribution in [0.15, 0.2) is 18.2 Å². The summed E-state index contributed by atoms with van der Waals surface area (Å²) in [4.78, 5) is 12.2. The Hall–Kier alpha value is -1.26. The minimum Gasteiger partial charge on any atom is -0.492 e. The van der Waals surface area contributed by atoms with Crippen LogP contribution in [-0.2, 0) is 11.3 Å². The van der Waals surface area contributed by atoms with Gasteiger partial charge in [-0.25, -0.2) is 0 Å². The van der Waals surface area contributed by atoms with Gasteiger partial charge in [-0.2, -0.15) is 0 Å². The highest BCUT2D eigenvalue weighted by molar-refractivity contribution is 5.92. The predicted molar refractivity (Wildman–Crippen MR) is 86.1 cm³/mol. The van der Waals surface area contributed by atoms with Gasteiger partial charge in [-0.3, -0.25) is 4.79 Å². The molecule has 4 nitrogen and oxygen atoms in total. The van der Waals surface area contributed by atoms with E-state index in [0.717, 1.165) is 42.9 Å². The highest BCUT2D eigenvalue weighted by Gasteiger charge is 2.21. The fourth-order valence-corrected chi connectivity index (χ4v) is 3.00. The third-order valence-electron chi connectivity index (χ3n) is 4.16. The lowest BCUT2D eigenvalue weighted by molar-refractivity contribution is -0.120. The van der Waals surface area contributed by atoms with E-state index in [4.69, 9.17) is 4.74 Å². The maximum absolute atomic E-state index is 12.2. The van der Waals surface area contributed by atoms with Gasteiger partial charge in [0.05, 0.1) is 0 Å². The molecule has 5 heteroatoms. The number of halogens is 1. The van der Waals surface area contributed by atoms with Crippen LogP contribution in [-0.4, -0.2) is 19.1 Å². The summed E-state index contributed by atoms with van der Waals surface area (Å²) in [6.07, 6.45) is 5.69. The number of anilines is 1. The molecule has 0 saturated heterocycles. The molecular weight excluding hydrogens is 288 g/mol. The summed E-state index contributed by atoms with van der Waals surface area (Å²) in [6.45, 7) is 2.35. The van der Waals surface area contributed by atoms with E-state index in [1.807, 2.05) is 18.2 Å². The van der Waals surface area contributed by atoms with Crippen LogP contribution in [0, 0.1) is 5.92 Å². The fourth-order valence-electron chi connectivity index (χ4n) is 3.00. The van der Waals surface area contributed by atoms with Crippen molar-refractivity contribution < 1.29 is 9.53 Å². The predicted octanol–water partition coefficient (Wildman–Crippen LogP) is 3.11. The minimum atomic E-state index is 0. The Morgan fingerprint density at radius 1 is 1.24 bits per heavy atom. The van der Waals surface area contributed by atoms with Crippen LogP contribution in [0.5, 0.6) is 5.75 Å². The van der Waals surface area contributed by atoms with Gasteiger partial charge >= 0.3 is 0 Å². The molecule has 1 amide bonds. The van der Waals surface area contributed by atoms with Crippen LogP contribution in [0.4, 0.5) is 5.69 Å². The van der Waals surface area contributed by atoms with Gasteiger partial charge in [0, 0.05) is 30.3 Å². The van der Waals surface area contributed by atoms with E-state index in [0.29, 0.717) is 6.61 Å². The lowest BCUT2D eigenvalue weighted by Gasteiger charge is -2.21. The average molecular weight is 311 g/mol. The maximum Gasteiger partial charge on any atom is 0.227 e. The second-order valence-corrected chi connectivity index (χ2v) is 5.67. The van der Waals surface area contributed by atoms with Crippen LogP contribution in [0.3, 0.4) is 0 Å². The average Bonchev–Trinajstić information content (AvgIpc) is 2.73. The third kappa shape index (κ3) is 4.11. The fraction of sp³-hybridized carbons (Fsp3) is 0.562. The lowest BCUT2D eigenvalue weighted by Crippen LogP contribution is -2.24. The number of rotatable bonds is 2. The molecule has 0 unspecified atom stereocenters. The van der Waals surface area contributed by atoms with Gasteiger partial charge in [0.25, 0.3) is 0 Å². The zero-order valence-electron chi connectivity index (χ0n) is 12.2. The molecule has 2 N–H and O–H groups in total. The molecule has 0 bridgehead atoms. The number of carbonyl (C=O) groups excluding carboxylic acids is 1. The molecule has 21 heavy (non-hydrogen) atoms. The van der Waals surface area contributed by atoms with Crippen molar-refractivity contribution in [2.24, 2.45) is 5.92 Å². The van der Waals surface area contributed by atoms with Crippen LogP contribution < -0.4 is 15.4 Å². The molecule has 0 spiro atoms. The Morgan fingerprint density at radius 2 is 2.05 bits per heavy atom. The molecule has 1 fully saturated rings. The monoisotopic (exact) mass is 310 g/mol. The molecule has 1 aliphatic heterocycles. The van der Waals surface area contributed by atoms with E-state index in [-0.39, 0.29) is 24.2 Å². The second kappa shape index (κ2) is 7.66. The molecule has 1 aromatic carbocycles. The first-order chi connectivity index (χ1) is 9.83. The molecule has 116 valence electrons. The van der Waals surface area contributed by atoms with Crippen molar-refractivity contribution >= 4 is 24.0 Å². The number of hydrogen-bond donors (Lipinski definition) is 2. The van der Waals surface area contributed by atoms with E-state index < -0.39 is 0 Å². The number of fused-ring (bicyclic) bond motifs is 1.